The van der Waals surface area contributed by atoms with Gasteiger partial charge in [-0.3, -0.25) is 9.59 Å². The predicted octanol–water partition coefficient (Wildman–Crippen LogP) is 3.66. The second-order valence-electron chi connectivity index (χ2n) is 9.14. The number of methoxy groups -OCH3 is 1. The van der Waals surface area contributed by atoms with Crippen LogP contribution in [0.25, 0.3) is 0 Å². The third-order valence-electron chi connectivity index (χ3n) is 6.73. The zero-order valence-electron chi connectivity index (χ0n) is 20.1. The molecule has 1 saturated carbocycles. The molecule has 3 aliphatic rings. The Hall–Kier alpha value is -3.32. The van der Waals surface area contributed by atoms with Crippen LogP contribution in [0.3, 0.4) is 0 Å². The molecule has 2 bridgehead atoms. The number of piperidine rings is 1. The molecule has 0 aromatic heterocycles. The van der Waals surface area contributed by atoms with E-state index < -0.39 is 50.6 Å². The van der Waals surface area contributed by atoms with Crippen LogP contribution in [0.15, 0.2) is 35.2 Å². The average molecular weight is 574 g/mol. The minimum absolute atomic E-state index is 0.122. The largest absolute Gasteiger partial charge is 0.453 e. The smallest absolute Gasteiger partial charge is 0.407 e. The quantitative estimate of drug-likeness (QED) is 0.509. The van der Waals surface area contributed by atoms with Crippen LogP contribution in [-0.2, 0) is 19.4 Å². The monoisotopic (exact) mass is 573 g/mol. The first-order chi connectivity index (χ1) is 17.8. The molecule has 9 nitrogen and oxygen atoms in total. The molecule has 2 saturated heterocycles. The number of hydrogen-bond donors (Lipinski definition) is 2. The van der Waals surface area contributed by atoms with E-state index in [1.54, 1.807) is 4.90 Å². The van der Waals surface area contributed by atoms with Crippen LogP contribution in [0.2, 0.25) is 5.02 Å². The van der Waals surface area contributed by atoms with E-state index >= 15 is 0 Å². The predicted molar refractivity (Wildman–Crippen MR) is 130 cm³/mol. The lowest BCUT2D eigenvalue weighted by atomic mass is 9.79. The van der Waals surface area contributed by atoms with Gasteiger partial charge in [0.05, 0.1) is 22.3 Å². The van der Waals surface area contributed by atoms with Crippen molar-refractivity contribution in [2.24, 2.45) is 0 Å². The topological polar surface area (TPSA) is 122 Å². The molecule has 2 heterocycles. The zero-order chi connectivity index (χ0) is 27.9. The molecule has 2 aromatic rings. The molecule has 38 heavy (non-hydrogen) atoms. The molecule has 2 aliphatic heterocycles. The molecule has 2 unspecified atom stereocenters. The van der Waals surface area contributed by atoms with E-state index in [9.17, 15) is 36.0 Å². The first-order valence-electron chi connectivity index (χ1n) is 11.5. The molecule has 1 aliphatic carbocycles. The van der Waals surface area contributed by atoms with Crippen molar-refractivity contribution in [1.29, 1.82) is 0 Å². The number of carbonyl (C=O) groups is 3. The van der Waals surface area contributed by atoms with Crippen LogP contribution >= 0.6 is 11.6 Å². The SMILES string of the molecule is COC(=O)N[C@@H](C)C(=O)N1C2CC1CC(S(=O)(=O)c1cc(C(=O)Nc3cc(F)c(F)c(F)c3)ccc1Cl)C2. The van der Waals surface area contributed by atoms with Gasteiger partial charge in [0.15, 0.2) is 27.3 Å². The second-order valence-corrected chi connectivity index (χ2v) is 11.7. The van der Waals surface area contributed by atoms with Gasteiger partial charge >= 0.3 is 6.09 Å². The summed E-state index contributed by atoms with van der Waals surface area (Å²) in [6.07, 6.45) is 0.126. The lowest BCUT2D eigenvalue weighted by molar-refractivity contribution is -0.150. The summed E-state index contributed by atoms with van der Waals surface area (Å²) in [6.45, 7) is 1.51. The van der Waals surface area contributed by atoms with E-state index in [0.717, 1.165) is 6.07 Å². The second kappa shape index (κ2) is 10.4. The molecule has 2 aromatic carbocycles. The van der Waals surface area contributed by atoms with Gasteiger partial charge in [-0.1, -0.05) is 11.6 Å². The minimum Gasteiger partial charge on any atom is -0.453 e. The summed E-state index contributed by atoms with van der Waals surface area (Å²) in [6, 6.07) is 3.14. The summed E-state index contributed by atoms with van der Waals surface area (Å²) in [5.41, 5.74) is -0.516. The number of amides is 3. The molecule has 204 valence electrons. The minimum atomic E-state index is -4.04. The third-order valence-corrected chi connectivity index (χ3v) is 9.38. The zero-order valence-corrected chi connectivity index (χ0v) is 21.7. The van der Waals surface area contributed by atoms with Crippen molar-refractivity contribution in [3.8, 4) is 0 Å². The van der Waals surface area contributed by atoms with Gasteiger partial charge < -0.3 is 20.3 Å². The Labute approximate surface area is 221 Å². The van der Waals surface area contributed by atoms with Crippen LogP contribution in [-0.4, -0.2) is 61.7 Å². The van der Waals surface area contributed by atoms with Crippen LogP contribution < -0.4 is 10.6 Å². The van der Waals surface area contributed by atoms with Gasteiger partial charge in [0.1, 0.15) is 6.04 Å². The number of nitrogens with one attached hydrogen (secondary N) is 2. The van der Waals surface area contributed by atoms with Crippen LogP contribution in [0.1, 0.15) is 36.5 Å². The summed E-state index contributed by atoms with van der Waals surface area (Å²) in [5.74, 6) is -5.93. The summed E-state index contributed by atoms with van der Waals surface area (Å²) in [4.78, 5) is 38.1. The number of benzene rings is 2. The Bertz CT molecular complexity index is 1390. The fraction of sp³-hybridized carbons (Fsp3) is 0.375. The summed E-state index contributed by atoms with van der Waals surface area (Å²) in [5, 5.41) is 3.60. The number of rotatable bonds is 6. The third kappa shape index (κ3) is 5.17. The normalized spacial score (nSPS) is 21.2. The Kier molecular flexibility index (Phi) is 7.62. The Morgan fingerprint density at radius 2 is 1.66 bits per heavy atom. The summed E-state index contributed by atoms with van der Waals surface area (Å²) < 4.78 is 71.7. The van der Waals surface area contributed by atoms with Crippen LogP contribution in [0.5, 0.6) is 0 Å². The Morgan fingerprint density at radius 1 is 1.05 bits per heavy atom. The Balaban J connectivity index is 1.49. The van der Waals surface area contributed by atoms with Gasteiger partial charge in [0.25, 0.3) is 5.91 Å². The van der Waals surface area contributed by atoms with Gasteiger partial charge in [-0.05, 0) is 44.4 Å². The van der Waals surface area contributed by atoms with Crippen LogP contribution in [0.4, 0.5) is 23.7 Å². The number of anilines is 1. The number of halogens is 4. The van der Waals surface area contributed by atoms with Crippen molar-refractivity contribution >= 4 is 45.0 Å². The number of fused-ring (bicyclic) bond motifs is 2. The standard InChI is InChI=1S/C24H23ClF3N3O6S/c1-11(29-24(34)37-2)23(33)31-14-8-15(31)10-16(9-14)38(35,36)20-5-12(3-4-17(20)25)22(32)30-13-6-18(26)21(28)19(27)7-13/h3-7,11,14-16H,8-10H2,1-2H3,(H,29,34)(H,30,32)/t11-,14?,15?,16?/m0/s1. The number of nitrogens with zero attached hydrogens (tertiary/aromatic N) is 1. The van der Waals surface area contributed by atoms with Gasteiger partial charge in [-0.25, -0.2) is 26.4 Å². The van der Waals surface area contributed by atoms with Crippen molar-refractivity contribution < 1.29 is 40.7 Å². The van der Waals surface area contributed by atoms with Gasteiger partial charge in [0.2, 0.25) is 5.91 Å². The molecular weight excluding hydrogens is 551 g/mol. The fourth-order valence-electron chi connectivity index (χ4n) is 4.83. The van der Waals surface area contributed by atoms with Crippen molar-refractivity contribution in [2.75, 3.05) is 12.4 Å². The molecule has 2 N–H and O–H groups in total. The molecule has 14 heteroatoms. The summed E-state index contributed by atoms with van der Waals surface area (Å²) >= 11 is 6.19. The maximum atomic E-state index is 13.5. The van der Waals surface area contributed by atoms with Crippen molar-refractivity contribution in [2.45, 2.75) is 54.5 Å². The highest BCUT2D eigenvalue weighted by atomic mass is 35.5. The van der Waals surface area contributed by atoms with E-state index in [2.05, 4.69) is 15.4 Å². The van der Waals surface area contributed by atoms with E-state index in [1.165, 1.54) is 26.2 Å². The fourth-order valence-corrected chi connectivity index (χ4v) is 7.21. The first-order valence-corrected chi connectivity index (χ1v) is 13.4. The van der Waals surface area contributed by atoms with Crippen LogP contribution in [0, 0.1) is 17.5 Å². The molecule has 5 rings (SSSR count). The van der Waals surface area contributed by atoms with E-state index in [0.29, 0.717) is 18.6 Å². The number of alkyl carbamates (subject to hydrolysis) is 1. The summed E-state index contributed by atoms with van der Waals surface area (Å²) in [7, 11) is -2.87. The van der Waals surface area contributed by atoms with Crippen molar-refractivity contribution in [1.82, 2.24) is 10.2 Å². The van der Waals surface area contributed by atoms with E-state index in [4.69, 9.17) is 11.6 Å². The van der Waals surface area contributed by atoms with E-state index in [1.807, 2.05) is 0 Å². The van der Waals surface area contributed by atoms with Gasteiger partial charge in [0, 0.05) is 35.5 Å². The first kappa shape index (κ1) is 27.7. The number of carbonyl (C=O) groups excluding carboxylic acids is 3. The maximum Gasteiger partial charge on any atom is 0.407 e. The van der Waals surface area contributed by atoms with Gasteiger partial charge in [-0.15, -0.1) is 0 Å². The number of ether oxygens (including phenoxy) is 1. The lowest BCUT2D eigenvalue weighted by Gasteiger charge is -2.55. The number of sulfone groups is 1. The highest BCUT2D eigenvalue weighted by Gasteiger charge is 2.52. The highest BCUT2D eigenvalue weighted by molar-refractivity contribution is 7.92. The van der Waals surface area contributed by atoms with E-state index in [-0.39, 0.29) is 52.0 Å². The molecule has 3 amide bonds. The van der Waals surface area contributed by atoms with Gasteiger partial charge in [-0.2, -0.15) is 0 Å². The Morgan fingerprint density at radius 3 is 2.24 bits per heavy atom. The molecule has 3 atom stereocenters. The maximum absolute atomic E-state index is 13.5. The lowest BCUT2D eigenvalue weighted by Crippen LogP contribution is -2.67. The average Bonchev–Trinajstić information content (AvgIpc) is 2.87. The number of hydrogen-bond acceptors (Lipinski definition) is 6. The molecule has 3 fully saturated rings. The molecular formula is C24H23ClF3N3O6S. The van der Waals surface area contributed by atoms with Crippen molar-refractivity contribution in [3.05, 3.63) is 58.4 Å². The molecule has 0 radical (unpaired) electrons. The molecule has 0 spiro atoms. The highest BCUT2D eigenvalue weighted by Crippen LogP contribution is 2.43. The van der Waals surface area contributed by atoms with Crippen molar-refractivity contribution in [3.63, 3.8) is 0 Å².